The van der Waals surface area contributed by atoms with Crippen molar-refractivity contribution >= 4 is 12.2 Å². The van der Waals surface area contributed by atoms with Crippen molar-refractivity contribution in [2.45, 2.75) is 127 Å². The van der Waals surface area contributed by atoms with Crippen molar-refractivity contribution in [3.8, 4) is 0 Å². The number of methoxy groups -OCH3 is 1. The van der Waals surface area contributed by atoms with E-state index in [0.717, 1.165) is 36.8 Å². The average Bonchev–Trinajstić information content (AvgIpc) is 3.58. The first-order valence-corrected chi connectivity index (χ1v) is 17.3. The van der Waals surface area contributed by atoms with E-state index in [1.54, 1.807) is 19.4 Å². The van der Waals surface area contributed by atoms with Crippen molar-refractivity contribution in [3.63, 3.8) is 0 Å². The Morgan fingerprint density at radius 2 is 1.96 bits per heavy atom. The van der Waals surface area contributed by atoms with E-state index in [9.17, 15) is 20.1 Å². The van der Waals surface area contributed by atoms with E-state index in [4.69, 9.17) is 23.9 Å². The Balaban J connectivity index is 1.17. The van der Waals surface area contributed by atoms with Gasteiger partial charge in [0.25, 0.3) is 0 Å². The largest absolute Gasteiger partial charge is 0.458 e. The van der Waals surface area contributed by atoms with Crippen molar-refractivity contribution in [3.05, 3.63) is 41.7 Å². The fourth-order valence-electron chi connectivity index (χ4n) is 10.8. The number of aromatic nitrogens is 1. The van der Waals surface area contributed by atoms with Crippen molar-refractivity contribution in [2.75, 3.05) is 13.7 Å². The molecule has 7 rings (SSSR count). The van der Waals surface area contributed by atoms with E-state index in [2.05, 4.69) is 11.9 Å². The number of carbonyl (C=O) groups is 1. The van der Waals surface area contributed by atoms with Crippen LogP contribution in [0.4, 0.5) is 0 Å². The van der Waals surface area contributed by atoms with Crippen LogP contribution in [-0.4, -0.2) is 88.1 Å². The minimum Gasteiger partial charge on any atom is -0.458 e. The number of aliphatic hydroxyl groups excluding tert-OH is 1. The second-order valence-electron chi connectivity index (χ2n) is 15.2. The number of fused-ring (bicyclic) bond motifs is 5. The number of hydrogen-bond acceptors (Lipinski definition) is 10. The number of hydrogen-bond donors (Lipinski definition) is 3. The molecule has 4 saturated carbocycles. The zero-order valence-electron chi connectivity index (χ0n) is 27.3. The summed E-state index contributed by atoms with van der Waals surface area (Å²) in [5.41, 5.74) is -0.931. The molecule has 3 heterocycles. The van der Waals surface area contributed by atoms with Gasteiger partial charge in [0.05, 0.1) is 36.1 Å². The zero-order chi connectivity index (χ0) is 32.3. The second-order valence-corrected chi connectivity index (χ2v) is 15.2. The van der Waals surface area contributed by atoms with Gasteiger partial charge in [-0.2, -0.15) is 0 Å². The fourth-order valence-corrected chi connectivity index (χ4v) is 10.8. The Morgan fingerprint density at radius 1 is 1.13 bits per heavy atom. The number of aliphatic hydroxyl groups is 3. The molecule has 6 aliphatic rings. The Labute approximate surface area is 271 Å². The van der Waals surface area contributed by atoms with Gasteiger partial charge in [-0.1, -0.05) is 13.0 Å². The van der Waals surface area contributed by atoms with Gasteiger partial charge in [-0.05, 0) is 93.2 Å². The summed E-state index contributed by atoms with van der Waals surface area (Å²) >= 11 is 0. The molecular weight excluding hydrogens is 588 g/mol. The lowest BCUT2D eigenvalue weighted by atomic mass is 9.41. The summed E-state index contributed by atoms with van der Waals surface area (Å²) < 4.78 is 23.4. The van der Waals surface area contributed by atoms with Crippen LogP contribution in [0.25, 0.3) is 0 Å². The number of cyclic esters (lactones) is 1. The summed E-state index contributed by atoms with van der Waals surface area (Å²) in [5, 5.41) is 36.0. The normalized spacial score (nSPS) is 47.2. The molecule has 46 heavy (non-hydrogen) atoms. The summed E-state index contributed by atoms with van der Waals surface area (Å²) in [5.74, 6) is -0.118. The molecule has 0 aromatic carbocycles. The molecule has 5 fully saturated rings. The Hall–Kier alpha value is -2.21. The molecule has 10 nitrogen and oxygen atoms in total. The lowest BCUT2D eigenvalue weighted by molar-refractivity contribution is -0.284. The molecule has 0 bridgehead atoms. The molecule has 2 aliphatic heterocycles. The molecule has 12 atom stereocenters. The lowest BCUT2D eigenvalue weighted by Crippen LogP contribution is -2.69. The van der Waals surface area contributed by atoms with Crippen LogP contribution in [-0.2, 0) is 30.3 Å². The fraction of sp³-hybridized carbons (Fsp3) is 0.750. The predicted molar refractivity (Wildman–Crippen MR) is 169 cm³/mol. The third-order valence-corrected chi connectivity index (χ3v) is 13.2. The maximum absolute atomic E-state index is 12.8. The van der Waals surface area contributed by atoms with Gasteiger partial charge in [-0.15, -0.1) is 0 Å². The van der Waals surface area contributed by atoms with E-state index < -0.39 is 35.1 Å². The number of ether oxygens (including phenoxy) is 4. The van der Waals surface area contributed by atoms with Crippen LogP contribution in [0.2, 0.25) is 0 Å². The Morgan fingerprint density at radius 3 is 2.70 bits per heavy atom. The molecular formula is C36H50N2O8. The molecule has 4 aliphatic carbocycles. The minimum absolute atomic E-state index is 0.00364. The quantitative estimate of drug-likeness (QED) is 0.231. The van der Waals surface area contributed by atoms with Crippen molar-refractivity contribution in [1.29, 1.82) is 0 Å². The molecule has 0 amide bonds. The van der Waals surface area contributed by atoms with Gasteiger partial charge in [-0.25, -0.2) is 4.79 Å². The van der Waals surface area contributed by atoms with Gasteiger partial charge in [-0.3, -0.25) is 9.98 Å². The highest BCUT2D eigenvalue weighted by atomic mass is 16.7. The first kappa shape index (κ1) is 32.3. The third-order valence-electron chi connectivity index (χ3n) is 13.2. The number of esters is 1. The van der Waals surface area contributed by atoms with E-state index in [0.29, 0.717) is 51.7 Å². The van der Waals surface area contributed by atoms with Crippen molar-refractivity contribution in [2.24, 2.45) is 33.6 Å². The van der Waals surface area contributed by atoms with Crippen LogP contribution in [0.15, 0.2) is 41.2 Å². The van der Waals surface area contributed by atoms with Gasteiger partial charge in [0.15, 0.2) is 6.29 Å². The third kappa shape index (κ3) is 5.10. The molecule has 0 unspecified atom stereocenters. The monoisotopic (exact) mass is 638 g/mol. The molecule has 252 valence electrons. The number of pyridine rings is 1. The maximum Gasteiger partial charge on any atom is 0.331 e. The summed E-state index contributed by atoms with van der Waals surface area (Å²) in [6.07, 6.45) is 11.8. The van der Waals surface area contributed by atoms with E-state index in [1.165, 1.54) is 0 Å². The Bertz CT molecular complexity index is 1360. The molecule has 10 heteroatoms. The first-order chi connectivity index (χ1) is 22.0. The number of carbonyl (C=O) groups excluding carboxylic acids is 1. The summed E-state index contributed by atoms with van der Waals surface area (Å²) in [4.78, 5) is 21.2. The lowest BCUT2D eigenvalue weighted by Gasteiger charge is -2.66. The SMILES string of the molecule is CO[C@H]1C[C@H](O[C@@H]2CC[C@]3(C=NCc4cccnc4)[C@H]4CC[C@]5(C)[C@H](C6=CC(=O)OC6)CC[C@]5(O)[C@@H]4CC[C@@]3(O)C2)O[C@H](C)[C@H]1O. The van der Waals surface area contributed by atoms with Gasteiger partial charge >= 0.3 is 5.97 Å². The summed E-state index contributed by atoms with van der Waals surface area (Å²) in [6.45, 7) is 4.84. The van der Waals surface area contributed by atoms with E-state index in [1.807, 2.05) is 31.5 Å². The van der Waals surface area contributed by atoms with Crippen LogP contribution < -0.4 is 0 Å². The molecule has 1 aromatic rings. The zero-order valence-corrected chi connectivity index (χ0v) is 27.3. The second kappa shape index (κ2) is 12.0. The topological polar surface area (TPSA) is 140 Å². The highest BCUT2D eigenvalue weighted by Gasteiger charge is 2.71. The van der Waals surface area contributed by atoms with Gasteiger partial charge in [0.1, 0.15) is 12.7 Å². The highest BCUT2D eigenvalue weighted by Crippen LogP contribution is 2.70. The molecule has 1 saturated heterocycles. The number of aliphatic imine (C=N–C) groups is 1. The van der Waals surface area contributed by atoms with Gasteiger partial charge in [0.2, 0.25) is 0 Å². The van der Waals surface area contributed by atoms with Crippen molar-refractivity contribution < 1.29 is 39.1 Å². The molecule has 0 spiro atoms. The maximum atomic E-state index is 12.8. The van der Waals surface area contributed by atoms with E-state index in [-0.39, 0.29) is 41.3 Å². The minimum atomic E-state index is -1.06. The molecule has 1 aromatic heterocycles. The van der Waals surface area contributed by atoms with Crippen molar-refractivity contribution in [1.82, 2.24) is 4.98 Å². The van der Waals surface area contributed by atoms with Crippen LogP contribution in [0.3, 0.4) is 0 Å². The predicted octanol–water partition coefficient (Wildman–Crippen LogP) is 3.90. The van der Waals surface area contributed by atoms with Crippen LogP contribution in [0.5, 0.6) is 0 Å². The van der Waals surface area contributed by atoms with E-state index >= 15 is 0 Å². The van der Waals surface area contributed by atoms with Crippen LogP contribution in [0, 0.1) is 28.6 Å². The van der Waals surface area contributed by atoms with Gasteiger partial charge in [0, 0.05) is 55.5 Å². The number of nitrogens with zero attached hydrogens (tertiary/aromatic N) is 2. The first-order valence-electron chi connectivity index (χ1n) is 17.3. The highest BCUT2D eigenvalue weighted by molar-refractivity contribution is 5.85. The van der Waals surface area contributed by atoms with Crippen LogP contribution >= 0.6 is 0 Å². The standard InChI is InChI=1S/C36H50N2O8/c1-22-32(40)29(43-3)16-31(45-22)46-25-6-11-34(21-38-19-23-5-4-14-37-18-23)27-7-10-33(2)26(24-15-30(39)44-20-24)9-13-36(33,42)28(27)8-12-35(34,41)17-25/h4-5,14-15,18,21-22,25-29,31-32,40-42H,6-13,16-17,19-20H2,1-3H3/t22-,25-,26+,27+,28-,29+,31+,32-,33-,34+,35-,36+/m1/s1. The summed E-state index contributed by atoms with van der Waals surface area (Å²) in [7, 11) is 1.59. The average molecular weight is 639 g/mol. The molecule has 0 radical (unpaired) electrons. The Kier molecular flexibility index (Phi) is 8.46. The van der Waals surface area contributed by atoms with Crippen LogP contribution in [0.1, 0.15) is 83.6 Å². The molecule has 3 N–H and O–H groups in total. The summed E-state index contributed by atoms with van der Waals surface area (Å²) in [6, 6.07) is 3.92. The van der Waals surface area contributed by atoms with Gasteiger partial charge < -0.3 is 34.3 Å². The smallest absolute Gasteiger partial charge is 0.331 e. The number of rotatable bonds is 7.